The van der Waals surface area contributed by atoms with Crippen molar-refractivity contribution in [2.24, 2.45) is 0 Å². The topological polar surface area (TPSA) is 101 Å². The lowest BCUT2D eigenvalue weighted by molar-refractivity contribution is -0.384. The van der Waals surface area contributed by atoms with Crippen molar-refractivity contribution in [3.05, 3.63) is 51.3 Å². The van der Waals surface area contributed by atoms with Gasteiger partial charge in [-0.15, -0.1) is 0 Å². The van der Waals surface area contributed by atoms with Crippen molar-refractivity contribution in [3.63, 3.8) is 0 Å². The minimum absolute atomic E-state index is 0.0835. The number of amides is 1. The van der Waals surface area contributed by atoms with E-state index < -0.39 is 10.8 Å². The second kappa shape index (κ2) is 4.84. The van der Waals surface area contributed by atoms with Crippen LogP contribution >= 0.6 is 11.6 Å². The van der Waals surface area contributed by atoms with Crippen molar-refractivity contribution < 1.29 is 9.72 Å². The molecule has 0 saturated carbocycles. The van der Waals surface area contributed by atoms with Crippen molar-refractivity contribution in [1.82, 2.24) is 10.2 Å². The molecule has 2 rings (SSSR count). The predicted octanol–water partition coefficient (Wildman–Crippen LogP) is 2.22. The van der Waals surface area contributed by atoms with Gasteiger partial charge in [0.15, 0.2) is 0 Å². The summed E-state index contributed by atoms with van der Waals surface area (Å²) in [5, 5.41) is 19.2. The Bertz CT molecular complexity index is 597. The van der Waals surface area contributed by atoms with Crippen LogP contribution in [0.2, 0.25) is 5.02 Å². The fraction of sp³-hybridized carbons (Fsp3) is 0. The molecule has 18 heavy (non-hydrogen) atoms. The number of hydrogen-bond acceptors (Lipinski definition) is 4. The van der Waals surface area contributed by atoms with Crippen LogP contribution in [0.1, 0.15) is 10.4 Å². The van der Waals surface area contributed by atoms with E-state index in [4.69, 9.17) is 11.6 Å². The van der Waals surface area contributed by atoms with E-state index in [1.165, 1.54) is 30.6 Å². The quantitative estimate of drug-likeness (QED) is 0.657. The molecule has 0 unspecified atom stereocenters. The molecule has 0 spiro atoms. The van der Waals surface area contributed by atoms with Crippen LogP contribution in [0.4, 0.5) is 11.4 Å². The van der Waals surface area contributed by atoms with E-state index in [2.05, 4.69) is 15.5 Å². The zero-order valence-electron chi connectivity index (χ0n) is 8.88. The van der Waals surface area contributed by atoms with E-state index in [9.17, 15) is 14.9 Å². The summed E-state index contributed by atoms with van der Waals surface area (Å²) >= 11 is 5.71. The lowest BCUT2D eigenvalue weighted by atomic mass is 10.2. The Labute approximate surface area is 106 Å². The van der Waals surface area contributed by atoms with Crippen LogP contribution in [0.25, 0.3) is 0 Å². The van der Waals surface area contributed by atoms with Gasteiger partial charge in [-0.1, -0.05) is 11.6 Å². The molecule has 1 amide bonds. The lowest BCUT2D eigenvalue weighted by Gasteiger charge is -2.03. The second-order valence-electron chi connectivity index (χ2n) is 3.36. The number of carbonyl (C=O) groups is 1. The molecule has 2 aromatic rings. The molecule has 1 aromatic carbocycles. The molecule has 0 radical (unpaired) electrons. The average molecular weight is 267 g/mol. The van der Waals surface area contributed by atoms with E-state index in [0.29, 0.717) is 5.69 Å². The third-order valence-electron chi connectivity index (χ3n) is 2.16. The molecule has 7 nitrogen and oxygen atoms in total. The molecule has 0 bridgehead atoms. The number of anilines is 1. The fourth-order valence-electron chi connectivity index (χ4n) is 1.32. The Hall–Kier alpha value is -2.41. The maximum absolute atomic E-state index is 11.8. The van der Waals surface area contributed by atoms with E-state index >= 15 is 0 Å². The Morgan fingerprint density at radius 3 is 2.83 bits per heavy atom. The maximum Gasteiger partial charge on any atom is 0.287 e. The highest BCUT2D eigenvalue weighted by molar-refractivity contribution is 6.33. The van der Waals surface area contributed by atoms with Gasteiger partial charge in [0.1, 0.15) is 5.02 Å². The Morgan fingerprint density at radius 1 is 1.50 bits per heavy atom. The lowest BCUT2D eigenvalue weighted by Crippen LogP contribution is -2.11. The number of hydrogen-bond donors (Lipinski definition) is 2. The van der Waals surface area contributed by atoms with Crippen LogP contribution < -0.4 is 5.32 Å². The summed E-state index contributed by atoms with van der Waals surface area (Å²) in [6.45, 7) is 0. The minimum atomic E-state index is -0.611. The van der Waals surface area contributed by atoms with Gasteiger partial charge in [0.2, 0.25) is 0 Å². The molecular weight excluding hydrogens is 260 g/mol. The molecule has 8 heteroatoms. The standard InChI is InChI=1S/C10H7ClN4O3/c11-8-3-6(1-2-9(8)15(17)18)10(16)14-7-4-12-13-5-7/h1-5H,(H,12,13)(H,14,16). The molecule has 1 aromatic heterocycles. The summed E-state index contributed by atoms with van der Waals surface area (Å²) in [5.74, 6) is -0.423. The number of aromatic nitrogens is 2. The highest BCUT2D eigenvalue weighted by Gasteiger charge is 2.15. The third-order valence-corrected chi connectivity index (χ3v) is 2.47. The van der Waals surface area contributed by atoms with Crippen molar-refractivity contribution in [3.8, 4) is 0 Å². The van der Waals surface area contributed by atoms with Crippen LogP contribution in [0, 0.1) is 10.1 Å². The van der Waals surface area contributed by atoms with Gasteiger partial charge in [-0.05, 0) is 12.1 Å². The van der Waals surface area contributed by atoms with Gasteiger partial charge in [0, 0.05) is 17.8 Å². The number of nitrogens with one attached hydrogen (secondary N) is 2. The zero-order chi connectivity index (χ0) is 13.1. The number of nitro groups is 1. The predicted molar refractivity (Wildman–Crippen MR) is 64.6 cm³/mol. The number of rotatable bonds is 3. The smallest absolute Gasteiger partial charge is 0.287 e. The molecule has 0 aliphatic carbocycles. The summed E-state index contributed by atoms with van der Waals surface area (Å²) in [5.41, 5.74) is 0.484. The Kier molecular flexibility index (Phi) is 3.24. The largest absolute Gasteiger partial charge is 0.319 e. The van der Waals surface area contributed by atoms with Crippen LogP contribution in [0.15, 0.2) is 30.6 Å². The molecule has 0 aliphatic rings. The molecule has 92 valence electrons. The average Bonchev–Trinajstić information content (AvgIpc) is 2.81. The molecule has 0 fully saturated rings. The number of halogens is 1. The first kappa shape index (κ1) is 12.1. The highest BCUT2D eigenvalue weighted by Crippen LogP contribution is 2.25. The zero-order valence-corrected chi connectivity index (χ0v) is 9.64. The first-order valence-corrected chi connectivity index (χ1v) is 5.20. The summed E-state index contributed by atoms with van der Waals surface area (Å²) < 4.78 is 0. The number of aromatic amines is 1. The summed E-state index contributed by atoms with van der Waals surface area (Å²) in [6, 6.07) is 3.77. The van der Waals surface area contributed by atoms with Gasteiger partial charge < -0.3 is 5.32 Å². The van der Waals surface area contributed by atoms with Crippen molar-refractivity contribution in [1.29, 1.82) is 0 Å². The molecule has 0 aliphatic heterocycles. The maximum atomic E-state index is 11.8. The van der Waals surface area contributed by atoms with Crippen molar-refractivity contribution >= 4 is 28.9 Å². The van der Waals surface area contributed by atoms with E-state index in [0.717, 1.165) is 0 Å². The number of nitro benzene ring substituents is 1. The van der Waals surface area contributed by atoms with Crippen LogP contribution in [0.5, 0.6) is 0 Å². The normalized spacial score (nSPS) is 10.1. The monoisotopic (exact) mass is 266 g/mol. The summed E-state index contributed by atoms with van der Waals surface area (Å²) in [7, 11) is 0. The first-order valence-electron chi connectivity index (χ1n) is 4.82. The molecule has 2 N–H and O–H groups in total. The van der Waals surface area contributed by atoms with Gasteiger partial charge in [-0.2, -0.15) is 5.10 Å². The Morgan fingerprint density at radius 2 is 2.28 bits per heavy atom. The first-order chi connectivity index (χ1) is 8.58. The number of benzene rings is 1. The van der Waals surface area contributed by atoms with Crippen LogP contribution in [-0.4, -0.2) is 21.0 Å². The van der Waals surface area contributed by atoms with E-state index in [-0.39, 0.29) is 16.3 Å². The van der Waals surface area contributed by atoms with Crippen molar-refractivity contribution in [2.45, 2.75) is 0 Å². The Balaban J connectivity index is 2.21. The van der Waals surface area contributed by atoms with Gasteiger partial charge in [-0.25, -0.2) is 0 Å². The third kappa shape index (κ3) is 2.46. The second-order valence-corrected chi connectivity index (χ2v) is 3.77. The summed E-state index contributed by atoms with van der Waals surface area (Å²) in [4.78, 5) is 21.7. The van der Waals surface area contributed by atoms with Gasteiger partial charge in [0.25, 0.3) is 11.6 Å². The van der Waals surface area contributed by atoms with Crippen molar-refractivity contribution in [2.75, 3.05) is 5.32 Å². The molecule has 1 heterocycles. The number of H-pyrrole nitrogens is 1. The number of carbonyl (C=O) groups excluding carboxylic acids is 1. The number of nitrogens with zero attached hydrogens (tertiary/aromatic N) is 2. The van der Waals surface area contributed by atoms with Gasteiger partial charge >= 0.3 is 0 Å². The van der Waals surface area contributed by atoms with Gasteiger partial charge in [-0.3, -0.25) is 20.0 Å². The minimum Gasteiger partial charge on any atom is -0.319 e. The highest BCUT2D eigenvalue weighted by atomic mass is 35.5. The van der Waals surface area contributed by atoms with E-state index in [1.807, 2.05) is 0 Å². The molecule has 0 atom stereocenters. The molecule has 0 saturated heterocycles. The van der Waals surface area contributed by atoms with Gasteiger partial charge in [0.05, 0.1) is 16.8 Å². The van der Waals surface area contributed by atoms with Crippen LogP contribution in [0.3, 0.4) is 0 Å². The van der Waals surface area contributed by atoms with E-state index in [1.54, 1.807) is 0 Å². The van der Waals surface area contributed by atoms with Crippen LogP contribution in [-0.2, 0) is 0 Å². The summed E-state index contributed by atoms with van der Waals surface area (Å²) in [6.07, 6.45) is 2.94. The SMILES string of the molecule is O=C(Nc1cn[nH]c1)c1ccc([N+](=O)[O-])c(Cl)c1. The fourth-order valence-corrected chi connectivity index (χ4v) is 1.57. The molecular formula is C10H7ClN4O3.